The molecule has 3 nitrogen and oxygen atoms in total. The SMILES string of the molecule is CCC[C@H]1CC[C@]2(C)C3CC[C@@]4(C)C(CC[C@@H]4[C@H](C)Cn4cc(C#N)cn4)[C@@H]3CC[C@@H]2C1. The van der Waals surface area contributed by atoms with Gasteiger partial charge < -0.3 is 0 Å². The molecule has 9 atom stereocenters. The van der Waals surface area contributed by atoms with E-state index in [2.05, 4.69) is 38.9 Å². The van der Waals surface area contributed by atoms with Crippen LogP contribution in [0.2, 0.25) is 0 Å². The molecule has 1 heterocycles. The minimum Gasteiger partial charge on any atom is -0.271 e. The summed E-state index contributed by atoms with van der Waals surface area (Å²) in [5, 5.41) is 13.6. The molecule has 1 aromatic heterocycles. The summed E-state index contributed by atoms with van der Waals surface area (Å²) in [5.41, 5.74) is 1.82. The van der Waals surface area contributed by atoms with Crippen molar-refractivity contribution in [2.45, 2.75) is 105 Å². The Labute approximate surface area is 196 Å². The fraction of sp³-hybridized carbons (Fsp3) is 0.862. The first kappa shape index (κ1) is 22.5. The van der Waals surface area contributed by atoms with Crippen molar-refractivity contribution in [3.8, 4) is 6.07 Å². The monoisotopic (exact) mass is 435 g/mol. The molecule has 1 aromatic rings. The minimum atomic E-state index is 0.508. The lowest BCUT2D eigenvalue weighted by Crippen LogP contribution is -2.53. The standard InChI is InChI=1S/C29H45N3/c1-5-6-21-11-13-28(3)23(15-21)7-8-24-26-10-9-25(29(26,4)14-12-27(24)28)20(2)18-32-19-22(16-30)17-31-32/h17,19-21,23-27H,5-15,18H2,1-4H3/t20-,21+,23-,24+,25-,26?,27?,28+,29-/m1/s1. The van der Waals surface area contributed by atoms with Crippen molar-refractivity contribution >= 4 is 0 Å². The number of nitrogens with zero attached hydrogens (tertiary/aromatic N) is 3. The molecule has 4 saturated carbocycles. The molecule has 32 heavy (non-hydrogen) atoms. The van der Waals surface area contributed by atoms with Crippen molar-refractivity contribution in [2.24, 2.45) is 52.3 Å². The highest BCUT2D eigenvalue weighted by atomic mass is 15.3. The quantitative estimate of drug-likeness (QED) is 0.481. The van der Waals surface area contributed by atoms with Crippen LogP contribution in [0.15, 0.2) is 12.4 Å². The molecule has 0 radical (unpaired) electrons. The maximum Gasteiger partial charge on any atom is 0.102 e. The Morgan fingerprint density at radius 2 is 1.88 bits per heavy atom. The molecule has 4 aliphatic rings. The summed E-state index contributed by atoms with van der Waals surface area (Å²) < 4.78 is 2.02. The van der Waals surface area contributed by atoms with E-state index in [1.807, 2.05) is 10.9 Å². The third kappa shape index (κ3) is 3.56. The van der Waals surface area contributed by atoms with Gasteiger partial charge in [-0.25, -0.2) is 0 Å². The first-order chi connectivity index (χ1) is 15.4. The predicted molar refractivity (Wildman–Crippen MR) is 130 cm³/mol. The predicted octanol–water partition coefficient (Wildman–Crippen LogP) is 7.47. The molecule has 4 fully saturated rings. The molecule has 176 valence electrons. The summed E-state index contributed by atoms with van der Waals surface area (Å²) in [6, 6.07) is 2.23. The summed E-state index contributed by atoms with van der Waals surface area (Å²) in [5.74, 6) is 6.35. The molecule has 2 unspecified atom stereocenters. The molecule has 3 heteroatoms. The van der Waals surface area contributed by atoms with E-state index in [0.717, 1.165) is 42.1 Å². The van der Waals surface area contributed by atoms with Gasteiger partial charge >= 0.3 is 0 Å². The lowest BCUT2D eigenvalue weighted by atomic mass is 9.44. The van der Waals surface area contributed by atoms with E-state index >= 15 is 0 Å². The van der Waals surface area contributed by atoms with Crippen molar-refractivity contribution in [3.63, 3.8) is 0 Å². The van der Waals surface area contributed by atoms with Gasteiger partial charge in [-0.3, -0.25) is 4.68 Å². The van der Waals surface area contributed by atoms with Gasteiger partial charge in [-0.15, -0.1) is 0 Å². The molecule has 0 aliphatic heterocycles. The van der Waals surface area contributed by atoms with Gasteiger partial charge in [0.05, 0.1) is 11.8 Å². The van der Waals surface area contributed by atoms with Gasteiger partial charge in [0.15, 0.2) is 0 Å². The number of hydrogen-bond donors (Lipinski definition) is 0. The average molecular weight is 436 g/mol. The van der Waals surface area contributed by atoms with Gasteiger partial charge in [-0.05, 0) is 110 Å². The van der Waals surface area contributed by atoms with Crippen molar-refractivity contribution < 1.29 is 0 Å². The summed E-state index contributed by atoms with van der Waals surface area (Å²) in [6.07, 6.45) is 19.8. The van der Waals surface area contributed by atoms with Crippen LogP contribution in [0.1, 0.15) is 104 Å². The molecule has 4 aliphatic carbocycles. The highest BCUT2D eigenvalue weighted by Gasteiger charge is 2.60. The van der Waals surface area contributed by atoms with Gasteiger partial charge in [0, 0.05) is 12.7 Å². The second-order valence-corrected chi connectivity index (χ2v) is 12.9. The summed E-state index contributed by atoms with van der Waals surface area (Å²) >= 11 is 0. The first-order valence-electron chi connectivity index (χ1n) is 13.8. The molecule has 0 saturated heterocycles. The van der Waals surface area contributed by atoms with Crippen LogP contribution >= 0.6 is 0 Å². The Morgan fingerprint density at radius 3 is 2.62 bits per heavy atom. The van der Waals surface area contributed by atoms with E-state index in [1.54, 1.807) is 6.20 Å². The van der Waals surface area contributed by atoms with Gasteiger partial charge in [0.1, 0.15) is 6.07 Å². The molecular weight excluding hydrogens is 390 g/mol. The summed E-state index contributed by atoms with van der Waals surface area (Å²) in [4.78, 5) is 0. The van der Waals surface area contributed by atoms with Crippen LogP contribution in [-0.4, -0.2) is 9.78 Å². The van der Waals surface area contributed by atoms with Crippen molar-refractivity contribution in [1.29, 1.82) is 5.26 Å². The molecule has 0 spiro atoms. The summed E-state index contributed by atoms with van der Waals surface area (Å²) in [7, 11) is 0. The zero-order chi connectivity index (χ0) is 22.5. The lowest BCUT2D eigenvalue weighted by molar-refractivity contribution is -0.121. The fourth-order valence-electron chi connectivity index (χ4n) is 9.94. The first-order valence-corrected chi connectivity index (χ1v) is 13.8. The Kier molecular flexibility index (Phi) is 5.96. The molecule has 5 rings (SSSR count). The van der Waals surface area contributed by atoms with Crippen LogP contribution in [0.3, 0.4) is 0 Å². The van der Waals surface area contributed by atoms with E-state index < -0.39 is 0 Å². The number of hydrogen-bond acceptors (Lipinski definition) is 2. The highest BCUT2D eigenvalue weighted by Crippen LogP contribution is 2.68. The van der Waals surface area contributed by atoms with E-state index in [-0.39, 0.29) is 0 Å². The van der Waals surface area contributed by atoms with Crippen LogP contribution in [0, 0.1) is 63.6 Å². The number of aromatic nitrogens is 2. The number of rotatable bonds is 5. The van der Waals surface area contributed by atoms with E-state index in [1.165, 1.54) is 70.6 Å². The Hall–Kier alpha value is -1.30. The van der Waals surface area contributed by atoms with Gasteiger partial charge in [0.25, 0.3) is 0 Å². The molecule has 0 N–H and O–H groups in total. The maximum absolute atomic E-state index is 9.14. The summed E-state index contributed by atoms with van der Waals surface area (Å²) in [6.45, 7) is 11.2. The number of nitriles is 1. The molecule has 0 aromatic carbocycles. The third-order valence-corrected chi connectivity index (χ3v) is 11.5. The van der Waals surface area contributed by atoms with Crippen molar-refractivity contribution in [3.05, 3.63) is 18.0 Å². The average Bonchev–Trinajstić information content (AvgIpc) is 3.37. The van der Waals surface area contributed by atoms with Crippen molar-refractivity contribution in [1.82, 2.24) is 9.78 Å². The molecular formula is C29H45N3. The van der Waals surface area contributed by atoms with E-state index in [0.29, 0.717) is 22.3 Å². The van der Waals surface area contributed by atoms with Crippen LogP contribution in [0.4, 0.5) is 0 Å². The van der Waals surface area contributed by atoms with Gasteiger partial charge in [-0.2, -0.15) is 10.4 Å². The normalized spacial score (nSPS) is 44.2. The highest BCUT2D eigenvalue weighted by molar-refractivity contribution is 5.21. The van der Waals surface area contributed by atoms with Crippen LogP contribution < -0.4 is 0 Å². The Morgan fingerprint density at radius 1 is 1.09 bits per heavy atom. The zero-order valence-electron chi connectivity index (χ0n) is 21.0. The van der Waals surface area contributed by atoms with Gasteiger partial charge in [0.2, 0.25) is 0 Å². The van der Waals surface area contributed by atoms with Crippen LogP contribution in [0.5, 0.6) is 0 Å². The Balaban J connectivity index is 1.30. The van der Waals surface area contributed by atoms with E-state index in [4.69, 9.17) is 5.26 Å². The lowest BCUT2D eigenvalue weighted by Gasteiger charge is -2.61. The second-order valence-electron chi connectivity index (χ2n) is 12.9. The van der Waals surface area contributed by atoms with Gasteiger partial charge in [-0.1, -0.05) is 40.5 Å². The number of fused-ring (bicyclic) bond motifs is 5. The van der Waals surface area contributed by atoms with Crippen molar-refractivity contribution in [2.75, 3.05) is 0 Å². The smallest absolute Gasteiger partial charge is 0.102 e. The molecule has 0 amide bonds. The van der Waals surface area contributed by atoms with E-state index in [9.17, 15) is 0 Å². The topological polar surface area (TPSA) is 41.6 Å². The zero-order valence-corrected chi connectivity index (χ0v) is 21.0. The van der Waals surface area contributed by atoms with Crippen LogP contribution in [0.25, 0.3) is 0 Å². The minimum absolute atomic E-state index is 0.508. The third-order valence-electron chi connectivity index (χ3n) is 11.5. The maximum atomic E-state index is 9.14. The second kappa shape index (κ2) is 8.48. The molecule has 0 bridgehead atoms. The Bertz CT molecular complexity index is 851. The van der Waals surface area contributed by atoms with Crippen LogP contribution in [-0.2, 0) is 6.54 Å². The fourth-order valence-corrected chi connectivity index (χ4v) is 9.94. The largest absolute Gasteiger partial charge is 0.271 e.